The van der Waals surface area contributed by atoms with Crippen LogP contribution in [0.15, 0.2) is 29.4 Å². The third-order valence-corrected chi connectivity index (χ3v) is 2.03. The van der Waals surface area contributed by atoms with E-state index in [1.54, 1.807) is 12.1 Å². The molecule has 0 spiro atoms. The zero-order chi connectivity index (χ0) is 11.4. The number of hydrogen-bond donors (Lipinski definition) is 1. The van der Waals surface area contributed by atoms with Gasteiger partial charge in [0.25, 0.3) is 5.69 Å². The largest absolute Gasteiger partial charge is 0.411 e. The Morgan fingerprint density at radius 2 is 1.93 bits per heavy atom. The molecule has 0 saturated heterocycles. The van der Waals surface area contributed by atoms with E-state index < -0.39 is 4.92 Å². The molecular formula is C10H12N2O3. The number of rotatable bonds is 3. The molecule has 15 heavy (non-hydrogen) atoms. The molecule has 80 valence electrons. The van der Waals surface area contributed by atoms with Crippen molar-refractivity contribution in [2.45, 2.75) is 13.8 Å². The van der Waals surface area contributed by atoms with Gasteiger partial charge in [-0.2, -0.15) is 0 Å². The second-order valence-electron chi connectivity index (χ2n) is 3.44. The van der Waals surface area contributed by atoms with Crippen molar-refractivity contribution < 1.29 is 10.1 Å². The number of oxime groups is 1. The second-order valence-corrected chi connectivity index (χ2v) is 3.44. The molecule has 5 nitrogen and oxygen atoms in total. The fraction of sp³-hybridized carbons (Fsp3) is 0.300. The van der Waals surface area contributed by atoms with E-state index in [-0.39, 0.29) is 11.6 Å². The predicted octanol–water partition coefficient (Wildman–Crippen LogP) is 2.43. The Morgan fingerprint density at radius 3 is 2.27 bits per heavy atom. The Labute approximate surface area is 87.2 Å². The minimum Gasteiger partial charge on any atom is -0.411 e. The summed E-state index contributed by atoms with van der Waals surface area (Å²) in [5.74, 6) is 0.0662. The Hall–Kier alpha value is -1.91. The van der Waals surface area contributed by atoms with Crippen LogP contribution in [0, 0.1) is 16.0 Å². The van der Waals surface area contributed by atoms with Crippen molar-refractivity contribution in [2.75, 3.05) is 0 Å². The van der Waals surface area contributed by atoms with Gasteiger partial charge in [0.05, 0.1) is 10.6 Å². The summed E-state index contributed by atoms with van der Waals surface area (Å²) in [5.41, 5.74) is 1.24. The van der Waals surface area contributed by atoms with Gasteiger partial charge >= 0.3 is 0 Å². The Morgan fingerprint density at radius 1 is 1.40 bits per heavy atom. The lowest BCUT2D eigenvalue weighted by Crippen LogP contribution is -2.09. The third-order valence-electron chi connectivity index (χ3n) is 2.03. The van der Waals surface area contributed by atoms with E-state index >= 15 is 0 Å². The highest BCUT2D eigenvalue weighted by Crippen LogP contribution is 2.15. The lowest BCUT2D eigenvalue weighted by molar-refractivity contribution is -0.384. The fourth-order valence-electron chi connectivity index (χ4n) is 1.26. The Balaban J connectivity index is 3.03. The summed E-state index contributed by atoms with van der Waals surface area (Å²) >= 11 is 0. The first-order valence-corrected chi connectivity index (χ1v) is 4.53. The molecule has 0 aliphatic heterocycles. The van der Waals surface area contributed by atoms with Gasteiger partial charge in [-0.1, -0.05) is 19.0 Å². The van der Waals surface area contributed by atoms with E-state index in [9.17, 15) is 10.1 Å². The lowest BCUT2D eigenvalue weighted by Gasteiger charge is -2.07. The maximum atomic E-state index is 10.4. The molecule has 0 atom stereocenters. The maximum absolute atomic E-state index is 10.4. The van der Waals surface area contributed by atoms with Crippen molar-refractivity contribution in [2.24, 2.45) is 11.1 Å². The average molecular weight is 208 g/mol. The van der Waals surface area contributed by atoms with Crippen LogP contribution in [-0.4, -0.2) is 15.8 Å². The first-order valence-electron chi connectivity index (χ1n) is 4.53. The van der Waals surface area contributed by atoms with E-state index in [1.165, 1.54) is 12.1 Å². The molecule has 0 saturated carbocycles. The van der Waals surface area contributed by atoms with E-state index in [0.29, 0.717) is 11.3 Å². The van der Waals surface area contributed by atoms with Gasteiger partial charge in [-0.05, 0) is 18.1 Å². The number of benzene rings is 1. The quantitative estimate of drug-likeness (QED) is 0.358. The first kappa shape index (κ1) is 11.2. The molecule has 0 heterocycles. The Bertz CT molecular complexity index is 382. The van der Waals surface area contributed by atoms with E-state index in [0.717, 1.165) is 0 Å². The van der Waals surface area contributed by atoms with Crippen LogP contribution in [0.4, 0.5) is 5.69 Å². The van der Waals surface area contributed by atoms with Gasteiger partial charge in [-0.15, -0.1) is 0 Å². The summed E-state index contributed by atoms with van der Waals surface area (Å²) in [5, 5.41) is 22.4. The van der Waals surface area contributed by atoms with Gasteiger partial charge in [-0.3, -0.25) is 10.1 Å². The fourth-order valence-corrected chi connectivity index (χ4v) is 1.26. The van der Waals surface area contributed by atoms with E-state index in [1.807, 2.05) is 13.8 Å². The zero-order valence-corrected chi connectivity index (χ0v) is 8.54. The monoisotopic (exact) mass is 208 g/mol. The molecule has 0 aliphatic rings. The van der Waals surface area contributed by atoms with Gasteiger partial charge in [0, 0.05) is 17.7 Å². The molecule has 1 aromatic carbocycles. The zero-order valence-electron chi connectivity index (χ0n) is 8.54. The summed E-state index contributed by atoms with van der Waals surface area (Å²) < 4.78 is 0. The topological polar surface area (TPSA) is 75.7 Å². The molecule has 0 aromatic heterocycles. The third kappa shape index (κ3) is 2.52. The normalized spacial score (nSPS) is 11.8. The summed E-state index contributed by atoms with van der Waals surface area (Å²) in [6.07, 6.45) is 0. The van der Waals surface area contributed by atoms with Crippen LogP contribution in [0.3, 0.4) is 0 Å². The lowest BCUT2D eigenvalue weighted by atomic mass is 10.00. The standard InChI is InChI=1S/C10H12N2O3/c1-7(2)10(11-13)8-3-5-9(6-4-8)12(14)15/h3-7,13H,1-2H3/b11-10-. The molecular weight excluding hydrogens is 196 g/mol. The SMILES string of the molecule is CC(C)/C(=N/O)c1ccc([N+](=O)[O-])cc1. The molecule has 1 aromatic rings. The highest BCUT2D eigenvalue weighted by atomic mass is 16.6. The van der Waals surface area contributed by atoms with Crippen molar-refractivity contribution in [1.82, 2.24) is 0 Å². The highest BCUT2D eigenvalue weighted by Gasteiger charge is 2.11. The van der Waals surface area contributed by atoms with Crippen LogP contribution in [-0.2, 0) is 0 Å². The van der Waals surface area contributed by atoms with Gasteiger partial charge in [0.2, 0.25) is 0 Å². The molecule has 0 bridgehead atoms. The summed E-state index contributed by atoms with van der Waals surface area (Å²) in [7, 11) is 0. The van der Waals surface area contributed by atoms with E-state index in [2.05, 4.69) is 5.16 Å². The van der Waals surface area contributed by atoms with Crippen molar-refractivity contribution in [3.05, 3.63) is 39.9 Å². The van der Waals surface area contributed by atoms with Crippen molar-refractivity contribution in [1.29, 1.82) is 0 Å². The van der Waals surface area contributed by atoms with Crippen molar-refractivity contribution >= 4 is 11.4 Å². The van der Waals surface area contributed by atoms with Gasteiger partial charge in [0.1, 0.15) is 0 Å². The number of nitro groups is 1. The van der Waals surface area contributed by atoms with Gasteiger partial charge in [0.15, 0.2) is 0 Å². The van der Waals surface area contributed by atoms with Crippen molar-refractivity contribution in [3.63, 3.8) is 0 Å². The molecule has 5 heteroatoms. The molecule has 0 radical (unpaired) electrons. The minimum absolute atomic E-state index is 0.0276. The first-order chi connectivity index (χ1) is 7.06. The minimum atomic E-state index is -0.463. The second kappa shape index (κ2) is 4.54. The number of nitro benzene ring substituents is 1. The van der Waals surface area contributed by atoms with Crippen LogP contribution >= 0.6 is 0 Å². The van der Waals surface area contributed by atoms with Crippen LogP contribution in [0.25, 0.3) is 0 Å². The van der Waals surface area contributed by atoms with Gasteiger partial charge < -0.3 is 5.21 Å². The van der Waals surface area contributed by atoms with Crippen LogP contribution in [0.5, 0.6) is 0 Å². The highest BCUT2D eigenvalue weighted by molar-refractivity contribution is 6.01. The number of nitrogens with zero attached hydrogens (tertiary/aromatic N) is 2. The summed E-state index contributed by atoms with van der Waals surface area (Å²) in [6.45, 7) is 3.77. The molecule has 0 unspecified atom stereocenters. The molecule has 0 fully saturated rings. The molecule has 0 amide bonds. The molecule has 0 aliphatic carbocycles. The number of hydrogen-bond acceptors (Lipinski definition) is 4. The van der Waals surface area contributed by atoms with Crippen molar-refractivity contribution in [3.8, 4) is 0 Å². The number of non-ortho nitro benzene ring substituents is 1. The maximum Gasteiger partial charge on any atom is 0.269 e. The molecule has 1 N–H and O–H groups in total. The average Bonchev–Trinajstić information content (AvgIpc) is 2.19. The van der Waals surface area contributed by atoms with Gasteiger partial charge in [-0.25, -0.2) is 0 Å². The van der Waals surface area contributed by atoms with E-state index in [4.69, 9.17) is 5.21 Å². The van der Waals surface area contributed by atoms with Crippen LogP contribution < -0.4 is 0 Å². The molecule has 1 rings (SSSR count). The predicted molar refractivity (Wildman–Crippen MR) is 56.3 cm³/mol. The van der Waals surface area contributed by atoms with Crippen LogP contribution in [0.2, 0.25) is 0 Å². The summed E-state index contributed by atoms with van der Waals surface area (Å²) in [4.78, 5) is 9.95. The summed E-state index contributed by atoms with van der Waals surface area (Å²) in [6, 6.07) is 5.94. The smallest absolute Gasteiger partial charge is 0.269 e. The Kier molecular flexibility index (Phi) is 3.38. The van der Waals surface area contributed by atoms with Crippen LogP contribution in [0.1, 0.15) is 19.4 Å².